The summed E-state index contributed by atoms with van der Waals surface area (Å²) in [4.78, 5) is 2.59. The van der Waals surface area contributed by atoms with E-state index in [4.69, 9.17) is 4.74 Å². The summed E-state index contributed by atoms with van der Waals surface area (Å²) in [5, 5.41) is 3.54. The SMILES string of the molecule is CCOCC(C(C)C)N1CCNC(C)CC1. The van der Waals surface area contributed by atoms with E-state index in [1.807, 2.05) is 0 Å². The summed E-state index contributed by atoms with van der Waals surface area (Å²) < 4.78 is 5.62. The van der Waals surface area contributed by atoms with Gasteiger partial charge in [-0.3, -0.25) is 4.90 Å². The molecule has 1 rings (SSSR count). The van der Waals surface area contributed by atoms with Crippen LogP contribution in [0.1, 0.15) is 34.1 Å². The maximum atomic E-state index is 5.62. The first kappa shape index (κ1) is 13.9. The van der Waals surface area contributed by atoms with Crippen LogP contribution in [-0.2, 0) is 4.74 Å². The van der Waals surface area contributed by atoms with E-state index in [0.29, 0.717) is 18.0 Å². The topological polar surface area (TPSA) is 24.5 Å². The second kappa shape index (κ2) is 7.25. The Balaban J connectivity index is 2.48. The quantitative estimate of drug-likeness (QED) is 0.775. The van der Waals surface area contributed by atoms with Gasteiger partial charge >= 0.3 is 0 Å². The average molecular weight is 228 g/mol. The molecule has 1 N–H and O–H groups in total. The van der Waals surface area contributed by atoms with Crippen LogP contribution in [0, 0.1) is 5.92 Å². The fourth-order valence-corrected chi connectivity index (χ4v) is 2.32. The van der Waals surface area contributed by atoms with Crippen LogP contribution in [0.4, 0.5) is 0 Å². The minimum Gasteiger partial charge on any atom is -0.380 e. The molecule has 16 heavy (non-hydrogen) atoms. The lowest BCUT2D eigenvalue weighted by atomic mass is 10.0. The highest BCUT2D eigenvalue weighted by Crippen LogP contribution is 2.14. The molecule has 2 unspecified atom stereocenters. The summed E-state index contributed by atoms with van der Waals surface area (Å²) in [7, 11) is 0. The zero-order valence-corrected chi connectivity index (χ0v) is 11.3. The number of rotatable bonds is 5. The van der Waals surface area contributed by atoms with Gasteiger partial charge in [0.2, 0.25) is 0 Å². The Morgan fingerprint density at radius 1 is 1.38 bits per heavy atom. The lowest BCUT2D eigenvalue weighted by molar-refractivity contribution is 0.0470. The van der Waals surface area contributed by atoms with Crippen molar-refractivity contribution in [3.63, 3.8) is 0 Å². The predicted octanol–water partition coefficient (Wildman–Crippen LogP) is 1.73. The van der Waals surface area contributed by atoms with Gasteiger partial charge < -0.3 is 10.1 Å². The summed E-state index contributed by atoms with van der Waals surface area (Å²) in [6.45, 7) is 14.1. The molecule has 1 aliphatic rings. The Morgan fingerprint density at radius 3 is 2.75 bits per heavy atom. The molecule has 0 aromatic rings. The second-order valence-corrected chi connectivity index (χ2v) is 5.15. The van der Waals surface area contributed by atoms with E-state index in [0.717, 1.165) is 26.3 Å². The average Bonchev–Trinajstić information content (AvgIpc) is 2.44. The van der Waals surface area contributed by atoms with Crippen LogP contribution in [0.5, 0.6) is 0 Å². The summed E-state index contributed by atoms with van der Waals surface area (Å²) in [5.74, 6) is 0.667. The van der Waals surface area contributed by atoms with Crippen molar-refractivity contribution in [1.82, 2.24) is 10.2 Å². The fraction of sp³-hybridized carbons (Fsp3) is 1.00. The molecule has 0 aromatic carbocycles. The Labute approximate surface area is 101 Å². The van der Waals surface area contributed by atoms with Gasteiger partial charge in [0.1, 0.15) is 0 Å². The molecule has 3 heteroatoms. The minimum atomic E-state index is 0.576. The van der Waals surface area contributed by atoms with E-state index in [2.05, 4.69) is 37.9 Å². The Morgan fingerprint density at radius 2 is 2.12 bits per heavy atom. The van der Waals surface area contributed by atoms with Crippen LogP contribution in [0.15, 0.2) is 0 Å². The highest BCUT2D eigenvalue weighted by atomic mass is 16.5. The van der Waals surface area contributed by atoms with Gasteiger partial charge in [-0.05, 0) is 26.2 Å². The van der Waals surface area contributed by atoms with Crippen molar-refractivity contribution in [2.75, 3.05) is 32.8 Å². The standard InChI is InChI=1S/C13H28N2O/c1-5-16-10-13(11(2)3)15-8-6-12(4)14-7-9-15/h11-14H,5-10H2,1-4H3. The second-order valence-electron chi connectivity index (χ2n) is 5.15. The first-order valence-corrected chi connectivity index (χ1v) is 6.70. The van der Waals surface area contributed by atoms with Crippen molar-refractivity contribution >= 4 is 0 Å². The molecule has 0 spiro atoms. The first-order valence-electron chi connectivity index (χ1n) is 6.70. The van der Waals surface area contributed by atoms with Crippen LogP contribution < -0.4 is 5.32 Å². The third kappa shape index (κ3) is 4.40. The molecule has 0 bridgehead atoms. The van der Waals surface area contributed by atoms with Gasteiger partial charge in [0, 0.05) is 38.3 Å². The van der Waals surface area contributed by atoms with Crippen molar-refractivity contribution < 1.29 is 4.74 Å². The van der Waals surface area contributed by atoms with E-state index in [-0.39, 0.29) is 0 Å². The monoisotopic (exact) mass is 228 g/mol. The Hall–Kier alpha value is -0.120. The largest absolute Gasteiger partial charge is 0.380 e. The lowest BCUT2D eigenvalue weighted by Crippen LogP contribution is -2.44. The van der Waals surface area contributed by atoms with Gasteiger partial charge in [0.15, 0.2) is 0 Å². The molecule has 0 aromatic heterocycles. The number of hydrogen-bond donors (Lipinski definition) is 1. The van der Waals surface area contributed by atoms with Gasteiger partial charge in [-0.15, -0.1) is 0 Å². The van der Waals surface area contributed by atoms with E-state index in [1.54, 1.807) is 0 Å². The van der Waals surface area contributed by atoms with Crippen LogP contribution in [-0.4, -0.2) is 49.8 Å². The molecule has 1 saturated heterocycles. The third-order valence-corrected chi connectivity index (χ3v) is 3.47. The molecule has 1 heterocycles. The van der Waals surface area contributed by atoms with E-state index in [9.17, 15) is 0 Å². The molecular formula is C13H28N2O. The summed E-state index contributed by atoms with van der Waals surface area (Å²) in [6, 6.07) is 1.23. The molecule has 3 nitrogen and oxygen atoms in total. The lowest BCUT2D eigenvalue weighted by Gasteiger charge is -2.33. The van der Waals surface area contributed by atoms with Gasteiger partial charge in [-0.2, -0.15) is 0 Å². The molecule has 0 radical (unpaired) electrons. The van der Waals surface area contributed by atoms with Gasteiger partial charge in [0.05, 0.1) is 6.61 Å². The van der Waals surface area contributed by atoms with Crippen molar-refractivity contribution in [2.45, 2.75) is 46.2 Å². The van der Waals surface area contributed by atoms with Crippen molar-refractivity contribution in [2.24, 2.45) is 5.92 Å². The van der Waals surface area contributed by atoms with E-state index < -0.39 is 0 Å². The summed E-state index contributed by atoms with van der Waals surface area (Å²) in [5.41, 5.74) is 0. The Bertz CT molecular complexity index is 185. The first-order chi connectivity index (χ1) is 7.65. The molecule has 1 aliphatic heterocycles. The molecule has 0 saturated carbocycles. The number of hydrogen-bond acceptors (Lipinski definition) is 3. The number of ether oxygens (including phenoxy) is 1. The van der Waals surface area contributed by atoms with Crippen molar-refractivity contribution in [1.29, 1.82) is 0 Å². The maximum absolute atomic E-state index is 5.62. The molecule has 0 aliphatic carbocycles. The van der Waals surface area contributed by atoms with Gasteiger partial charge in [-0.25, -0.2) is 0 Å². The fourth-order valence-electron chi connectivity index (χ4n) is 2.32. The van der Waals surface area contributed by atoms with E-state index in [1.165, 1.54) is 13.0 Å². The van der Waals surface area contributed by atoms with Crippen molar-refractivity contribution in [3.8, 4) is 0 Å². The Kier molecular flexibility index (Phi) is 6.32. The van der Waals surface area contributed by atoms with Gasteiger partial charge in [0.25, 0.3) is 0 Å². The normalized spacial score (nSPS) is 25.7. The smallest absolute Gasteiger partial charge is 0.0624 e. The van der Waals surface area contributed by atoms with E-state index >= 15 is 0 Å². The van der Waals surface area contributed by atoms with Crippen LogP contribution >= 0.6 is 0 Å². The molecule has 96 valence electrons. The highest BCUT2D eigenvalue weighted by Gasteiger charge is 2.23. The molecular weight excluding hydrogens is 200 g/mol. The van der Waals surface area contributed by atoms with Crippen molar-refractivity contribution in [3.05, 3.63) is 0 Å². The number of nitrogens with zero attached hydrogens (tertiary/aromatic N) is 1. The molecule has 1 fully saturated rings. The van der Waals surface area contributed by atoms with Crippen LogP contribution in [0.25, 0.3) is 0 Å². The summed E-state index contributed by atoms with van der Waals surface area (Å²) in [6.07, 6.45) is 1.25. The van der Waals surface area contributed by atoms with Gasteiger partial charge in [-0.1, -0.05) is 13.8 Å². The zero-order chi connectivity index (χ0) is 12.0. The molecule has 2 atom stereocenters. The molecule has 0 amide bonds. The zero-order valence-electron chi connectivity index (χ0n) is 11.3. The maximum Gasteiger partial charge on any atom is 0.0624 e. The highest BCUT2D eigenvalue weighted by molar-refractivity contribution is 4.79. The summed E-state index contributed by atoms with van der Waals surface area (Å²) >= 11 is 0. The number of nitrogens with one attached hydrogen (secondary N) is 1. The minimum absolute atomic E-state index is 0.576. The third-order valence-electron chi connectivity index (χ3n) is 3.47. The van der Waals surface area contributed by atoms with Crippen LogP contribution in [0.3, 0.4) is 0 Å². The van der Waals surface area contributed by atoms with Crippen LogP contribution in [0.2, 0.25) is 0 Å². The predicted molar refractivity (Wildman–Crippen MR) is 68.8 cm³/mol.